The highest BCUT2D eigenvalue weighted by atomic mass is 19.4. The number of halogens is 3. The summed E-state index contributed by atoms with van der Waals surface area (Å²) < 4.78 is 46.8. The number of hydrogen-bond acceptors (Lipinski definition) is 4. The van der Waals surface area contributed by atoms with E-state index in [1.807, 2.05) is 30.3 Å². The maximum absolute atomic E-state index is 13.9. The van der Waals surface area contributed by atoms with Crippen LogP contribution in [0.2, 0.25) is 0 Å². The molecule has 29 heavy (non-hydrogen) atoms. The monoisotopic (exact) mass is 401 g/mol. The number of ether oxygens (including phenoxy) is 1. The summed E-state index contributed by atoms with van der Waals surface area (Å²) >= 11 is 0. The van der Waals surface area contributed by atoms with E-state index in [-0.39, 0.29) is 17.2 Å². The number of rotatable bonds is 4. The van der Waals surface area contributed by atoms with E-state index in [0.717, 1.165) is 12.0 Å². The van der Waals surface area contributed by atoms with E-state index in [9.17, 15) is 13.2 Å². The van der Waals surface area contributed by atoms with E-state index in [1.165, 1.54) is 7.11 Å². The molecular weight excluding hydrogens is 379 g/mol. The molecule has 0 spiro atoms. The maximum atomic E-state index is 13.9. The molecule has 1 saturated heterocycles. The summed E-state index contributed by atoms with van der Waals surface area (Å²) in [6.07, 6.45) is -3.79. The zero-order valence-corrected chi connectivity index (χ0v) is 16.0. The van der Waals surface area contributed by atoms with Crippen molar-refractivity contribution in [3.05, 3.63) is 65.9 Å². The minimum absolute atomic E-state index is 0.0632. The van der Waals surface area contributed by atoms with E-state index < -0.39 is 11.9 Å². The number of nitrogens with one attached hydrogen (secondary N) is 1. The van der Waals surface area contributed by atoms with Gasteiger partial charge in [-0.3, -0.25) is 0 Å². The van der Waals surface area contributed by atoms with Crippen molar-refractivity contribution in [1.29, 1.82) is 0 Å². The molecule has 0 aliphatic carbocycles. The molecule has 2 aromatic carbocycles. The molecule has 0 bridgehead atoms. The average molecular weight is 401 g/mol. The Bertz CT molecular complexity index is 992. The van der Waals surface area contributed by atoms with E-state index in [4.69, 9.17) is 4.74 Å². The van der Waals surface area contributed by atoms with Gasteiger partial charge in [-0.05, 0) is 24.1 Å². The molecule has 4 rings (SSSR count). The van der Waals surface area contributed by atoms with Gasteiger partial charge in [-0.25, -0.2) is 4.98 Å². The second-order valence-electron chi connectivity index (χ2n) is 7.17. The second kappa shape index (κ2) is 7.91. The molecule has 1 atom stereocenters. The number of alkyl halides is 3. The smallest absolute Gasteiger partial charge is 0.435 e. The number of aromatic nitrogens is 1. The van der Waals surface area contributed by atoms with Gasteiger partial charge in [0.15, 0.2) is 5.69 Å². The van der Waals surface area contributed by atoms with Crippen LogP contribution in [0.4, 0.5) is 18.9 Å². The van der Waals surface area contributed by atoms with E-state index in [0.29, 0.717) is 30.8 Å². The van der Waals surface area contributed by atoms with E-state index in [2.05, 4.69) is 10.3 Å². The lowest BCUT2D eigenvalue weighted by atomic mass is 10.0. The molecule has 1 aromatic heterocycles. The van der Waals surface area contributed by atoms with Crippen molar-refractivity contribution in [3.8, 4) is 5.75 Å². The minimum Gasteiger partial charge on any atom is -0.494 e. The summed E-state index contributed by atoms with van der Waals surface area (Å²) in [5.74, 6) is 0.335. The van der Waals surface area contributed by atoms with Gasteiger partial charge in [0, 0.05) is 31.1 Å². The highest BCUT2D eigenvalue weighted by Gasteiger charge is 2.38. The van der Waals surface area contributed by atoms with Crippen LogP contribution >= 0.6 is 0 Å². The summed E-state index contributed by atoms with van der Waals surface area (Å²) in [6, 6.07) is 16.7. The molecule has 0 radical (unpaired) electrons. The molecule has 1 unspecified atom stereocenters. The van der Waals surface area contributed by atoms with Crippen molar-refractivity contribution in [2.45, 2.75) is 18.6 Å². The van der Waals surface area contributed by atoms with Crippen LogP contribution in [0.5, 0.6) is 5.75 Å². The highest BCUT2D eigenvalue weighted by molar-refractivity contribution is 5.88. The molecule has 7 heteroatoms. The molecule has 1 N–H and O–H groups in total. The van der Waals surface area contributed by atoms with Crippen LogP contribution in [0.25, 0.3) is 10.9 Å². The topological polar surface area (TPSA) is 37.4 Å². The normalized spacial score (nSPS) is 17.5. The zero-order chi connectivity index (χ0) is 20.4. The highest BCUT2D eigenvalue weighted by Crippen LogP contribution is 2.39. The lowest BCUT2D eigenvalue weighted by Gasteiger charge is -2.36. The first-order valence-electron chi connectivity index (χ1n) is 9.53. The Labute approximate surface area is 167 Å². The third-order valence-corrected chi connectivity index (χ3v) is 5.20. The molecule has 4 nitrogen and oxygen atoms in total. The summed E-state index contributed by atoms with van der Waals surface area (Å²) in [6.45, 7) is 1.59. The zero-order valence-electron chi connectivity index (χ0n) is 16.0. The van der Waals surface area contributed by atoms with Crippen molar-refractivity contribution in [3.63, 3.8) is 0 Å². The number of benzene rings is 2. The van der Waals surface area contributed by atoms with Gasteiger partial charge in [0.05, 0.1) is 12.8 Å². The minimum atomic E-state index is -4.55. The van der Waals surface area contributed by atoms with Gasteiger partial charge in [0.2, 0.25) is 0 Å². The molecule has 0 saturated carbocycles. The Balaban J connectivity index is 1.70. The number of pyridine rings is 1. The van der Waals surface area contributed by atoms with Crippen LogP contribution in [0.3, 0.4) is 0 Å². The number of nitrogens with zero attached hydrogens (tertiary/aromatic N) is 2. The number of hydrogen-bond donors (Lipinski definition) is 1. The number of fused-ring (bicyclic) bond motifs is 1. The van der Waals surface area contributed by atoms with Crippen molar-refractivity contribution >= 4 is 16.6 Å². The van der Waals surface area contributed by atoms with Gasteiger partial charge in [0.1, 0.15) is 11.3 Å². The van der Waals surface area contributed by atoms with Crippen molar-refractivity contribution in [2.75, 3.05) is 31.6 Å². The Morgan fingerprint density at radius 2 is 1.93 bits per heavy atom. The van der Waals surface area contributed by atoms with Gasteiger partial charge < -0.3 is 15.0 Å². The predicted octanol–water partition coefficient (Wildman–Crippen LogP) is 4.28. The molecular formula is C22H22F3N3O. The van der Waals surface area contributed by atoms with E-state index >= 15 is 0 Å². The van der Waals surface area contributed by atoms with Crippen LogP contribution in [0.1, 0.15) is 11.3 Å². The van der Waals surface area contributed by atoms with Gasteiger partial charge in [-0.2, -0.15) is 13.2 Å². The number of methoxy groups -OCH3 is 1. The summed E-state index contributed by atoms with van der Waals surface area (Å²) in [4.78, 5) is 5.78. The third-order valence-electron chi connectivity index (χ3n) is 5.20. The fraction of sp³-hybridized carbons (Fsp3) is 0.318. The molecule has 2 heterocycles. The fourth-order valence-corrected chi connectivity index (χ4v) is 3.85. The van der Waals surface area contributed by atoms with Crippen molar-refractivity contribution in [2.24, 2.45) is 0 Å². The second-order valence-corrected chi connectivity index (χ2v) is 7.17. The van der Waals surface area contributed by atoms with Gasteiger partial charge >= 0.3 is 6.18 Å². The quantitative estimate of drug-likeness (QED) is 0.708. The SMILES string of the molecule is COc1cccc2cc(N3CCNC(Cc4ccccc4)C3)c(C(F)(F)F)nc12. The first-order valence-corrected chi connectivity index (χ1v) is 9.53. The Kier molecular flexibility index (Phi) is 5.32. The molecule has 3 aromatic rings. The number of anilines is 1. The van der Waals surface area contributed by atoms with Gasteiger partial charge in [0.25, 0.3) is 0 Å². The van der Waals surface area contributed by atoms with Crippen LogP contribution in [-0.4, -0.2) is 37.8 Å². The van der Waals surface area contributed by atoms with Crippen molar-refractivity contribution < 1.29 is 17.9 Å². The Hall–Kier alpha value is -2.80. The van der Waals surface area contributed by atoms with Crippen LogP contribution in [-0.2, 0) is 12.6 Å². The van der Waals surface area contributed by atoms with Crippen LogP contribution in [0.15, 0.2) is 54.6 Å². The molecule has 1 fully saturated rings. The lowest BCUT2D eigenvalue weighted by molar-refractivity contribution is -0.140. The average Bonchev–Trinajstić information content (AvgIpc) is 2.72. The number of piperazine rings is 1. The standard InChI is InChI=1S/C22H22F3N3O/c1-29-19-9-5-8-16-13-18(21(22(23,24)25)27-20(16)19)28-11-10-26-17(14-28)12-15-6-3-2-4-7-15/h2-9,13,17,26H,10-12,14H2,1H3. The third kappa shape index (κ3) is 4.15. The van der Waals surface area contributed by atoms with E-state index in [1.54, 1.807) is 29.2 Å². The number of para-hydroxylation sites is 1. The first-order chi connectivity index (χ1) is 14.0. The molecule has 1 aliphatic rings. The van der Waals surface area contributed by atoms with Crippen LogP contribution in [0, 0.1) is 0 Å². The largest absolute Gasteiger partial charge is 0.494 e. The fourth-order valence-electron chi connectivity index (χ4n) is 3.85. The Morgan fingerprint density at radius 3 is 2.66 bits per heavy atom. The summed E-state index contributed by atoms with van der Waals surface area (Å²) in [7, 11) is 1.43. The van der Waals surface area contributed by atoms with Crippen molar-refractivity contribution in [1.82, 2.24) is 10.3 Å². The molecule has 152 valence electrons. The Morgan fingerprint density at radius 1 is 1.14 bits per heavy atom. The maximum Gasteiger partial charge on any atom is 0.435 e. The van der Waals surface area contributed by atoms with Gasteiger partial charge in [-0.1, -0.05) is 42.5 Å². The summed E-state index contributed by atoms with van der Waals surface area (Å²) in [5, 5.41) is 4.05. The predicted molar refractivity (Wildman–Crippen MR) is 107 cm³/mol. The van der Waals surface area contributed by atoms with Crippen LogP contribution < -0.4 is 15.0 Å². The molecule has 0 amide bonds. The lowest BCUT2D eigenvalue weighted by Crippen LogP contribution is -2.52. The summed E-state index contributed by atoms with van der Waals surface area (Å²) in [5.41, 5.74) is 0.638. The van der Waals surface area contributed by atoms with Gasteiger partial charge in [-0.15, -0.1) is 0 Å². The molecule has 1 aliphatic heterocycles. The first kappa shape index (κ1) is 19.5.